The van der Waals surface area contributed by atoms with E-state index in [2.05, 4.69) is 0 Å². The van der Waals surface area contributed by atoms with Gasteiger partial charge in [-0.15, -0.1) is 0 Å². The minimum Gasteiger partial charge on any atom is -0.497 e. The van der Waals surface area contributed by atoms with Crippen LogP contribution in [-0.4, -0.2) is 13.4 Å². The van der Waals surface area contributed by atoms with Gasteiger partial charge >= 0.3 is 0 Å². The van der Waals surface area contributed by atoms with Gasteiger partial charge in [0.05, 0.1) is 13.2 Å². The van der Waals surface area contributed by atoms with E-state index in [1.54, 1.807) is 19.2 Å². The summed E-state index contributed by atoms with van der Waals surface area (Å²) in [7, 11) is 1.62. The predicted molar refractivity (Wildman–Crippen MR) is 67.2 cm³/mol. The van der Waals surface area contributed by atoms with Gasteiger partial charge in [0.2, 0.25) is 0 Å². The summed E-state index contributed by atoms with van der Waals surface area (Å²) in [5, 5.41) is 9.30. The van der Waals surface area contributed by atoms with Crippen molar-refractivity contribution in [2.75, 3.05) is 7.11 Å². The van der Waals surface area contributed by atoms with E-state index in [1.165, 1.54) is 6.92 Å². The zero-order valence-electron chi connectivity index (χ0n) is 9.81. The highest BCUT2D eigenvalue weighted by molar-refractivity contribution is 5.98. The molecule has 0 aliphatic rings. The van der Waals surface area contributed by atoms with Crippen molar-refractivity contribution in [3.63, 3.8) is 0 Å². The molecule has 2 aromatic rings. The molecule has 0 N–H and O–H groups in total. The van der Waals surface area contributed by atoms with E-state index in [-0.39, 0.29) is 0 Å². The van der Waals surface area contributed by atoms with Crippen LogP contribution < -0.4 is 4.74 Å². The second-order valence-corrected chi connectivity index (χ2v) is 3.28. The van der Waals surface area contributed by atoms with Crippen LogP contribution >= 0.6 is 0 Å². The third-order valence-electron chi connectivity index (χ3n) is 2.25. The van der Waals surface area contributed by atoms with Crippen LogP contribution in [0.1, 0.15) is 17.3 Å². The van der Waals surface area contributed by atoms with Crippen molar-refractivity contribution < 1.29 is 9.53 Å². The smallest absolute Gasteiger partial charge is 0.150 e. The lowest BCUT2D eigenvalue weighted by Crippen LogP contribution is -1.86. The van der Waals surface area contributed by atoms with Gasteiger partial charge in [0.1, 0.15) is 5.75 Å². The molecule has 0 unspecified atom stereocenters. The van der Waals surface area contributed by atoms with E-state index in [1.807, 2.05) is 30.3 Å². The van der Waals surface area contributed by atoms with Crippen molar-refractivity contribution in [2.24, 2.45) is 0 Å². The summed E-state index contributed by atoms with van der Waals surface area (Å²) in [5.74, 6) is 0.770. The molecule has 0 heterocycles. The van der Waals surface area contributed by atoms with Crippen LogP contribution in [0.25, 0.3) is 10.8 Å². The molecule has 0 radical (unpaired) electrons. The monoisotopic (exact) mass is 227 g/mol. The van der Waals surface area contributed by atoms with Crippen LogP contribution in [0.5, 0.6) is 5.75 Å². The Labute approximate surface area is 100 Å². The van der Waals surface area contributed by atoms with Crippen LogP contribution in [0.3, 0.4) is 0 Å². The largest absolute Gasteiger partial charge is 0.497 e. The lowest BCUT2D eigenvalue weighted by Gasteiger charge is -2.03. The fourth-order valence-corrected chi connectivity index (χ4v) is 1.51. The number of hydrogen-bond acceptors (Lipinski definition) is 3. The molecule has 0 bridgehead atoms. The zero-order valence-corrected chi connectivity index (χ0v) is 9.81. The van der Waals surface area contributed by atoms with Gasteiger partial charge in [-0.3, -0.25) is 4.79 Å². The molecule has 2 rings (SSSR count). The predicted octanol–water partition coefficient (Wildman–Crippen LogP) is 3.19. The SMILES string of the molecule is CC#N.COc1ccc2cccc(C=O)c2c1. The number of carbonyl (C=O) groups is 1. The van der Waals surface area contributed by atoms with Crippen molar-refractivity contribution in [1.82, 2.24) is 0 Å². The summed E-state index contributed by atoms with van der Waals surface area (Å²) < 4.78 is 5.11. The number of carbonyl (C=O) groups excluding carboxylic acids is 1. The summed E-state index contributed by atoms with van der Waals surface area (Å²) in [5.41, 5.74) is 0.696. The fraction of sp³-hybridized carbons (Fsp3) is 0.143. The molecule has 86 valence electrons. The zero-order chi connectivity index (χ0) is 12.7. The summed E-state index contributed by atoms with van der Waals surface area (Å²) in [4.78, 5) is 10.8. The number of rotatable bonds is 2. The molecule has 0 atom stereocenters. The Bertz CT molecular complexity index is 556. The normalized spacial score (nSPS) is 8.76. The average Bonchev–Trinajstić information content (AvgIpc) is 2.38. The van der Waals surface area contributed by atoms with Crippen LogP contribution in [0.4, 0.5) is 0 Å². The number of nitriles is 1. The number of fused-ring (bicyclic) bond motifs is 1. The van der Waals surface area contributed by atoms with E-state index >= 15 is 0 Å². The first-order valence-corrected chi connectivity index (χ1v) is 5.09. The Morgan fingerprint density at radius 2 is 2.00 bits per heavy atom. The van der Waals surface area contributed by atoms with Gasteiger partial charge in [-0.25, -0.2) is 0 Å². The van der Waals surface area contributed by atoms with Crippen LogP contribution in [0.15, 0.2) is 36.4 Å². The molecule has 0 fully saturated rings. The minimum absolute atomic E-state index is 0.696. The maximum atomic E-state index is 10.8. The first kappa shape index (κ1) is 12.7. The molecule has 2 aromatic carbocycles. The van der Waals surface area contributed by atoms with Crippen molar-refractivity contribution >= 4 is 17.1 Å². The van der Waals surface area contributed by atoms with Gasteiger partial charge in [-0.1, -0.05) is 24.3 Å². The third kappa shape index (κ3) is 3.05. The quantitative estimate of drug-likeness (QED) is 0.740. The minimum atomic E-state index is 0.696. The highest BCUT2D eigenvalue weighted by Gasteiger charge is 2.00. The van der Waals surface area contributed by atoms with E-state index < -0.39 is 0 Å². The third-order valence-corrected chi connectivity index (χ3v) is 2.25. The number of hydrogen-bond donors (Lipinski definition) is 0. The summed E-state index contributed by atoms with van der Waals surface area (Å²) in [6, 6.07) is 13.1. The maximum absolute atomic E-state index is 10.8. The van der Waals surface area contributed by atoms with Crippen molar-refractivity contribution in [3.8, 4) is 11.8 Å². The highest BCUT2D eigenvalue weighted by atomic mass is 16.5. The Kier molecular flexibility index (Phi) is 4.71. The summed E-state index contributed by atoms with van der Waals surface area (Å²) in [6.45, 7) is 1.43. The molecule has 0 aliphatic carbocycles. The molecule has 17 heavy (non-hydrogen) atoms. The standard InChI is InChI=1S/C12H10O2.C2H3N/c1-14-11-6-5-9-3-2-4-10(8-13)12(9)7-11;1-2-3/h2-8H,1H3;1H3. The molecule has 0 saturated heterocycles. The van der Waals surface area contributed by atoms with Gasteiger partial charge in [0.25, 0.3) is 0 Å². The van der Waals surface area contributed by atoms with Crippen molar-refractivity contribution in [3.05, 3.63) is 42.0 Å². The molecule has 0 amide bonds. The van der Waals surface area contributed by atoms with Crippen molar-refractivity contribution in [1.29, 1.82) is 5.26 Å². The molecule has 3 heteroatoms. The Balaban J connectivity index is 0.000000437. The van der Waals surface area contributed by atoms with E-state index in [0.717, 1.165) is 22.8 Å². The average molecular weight is 227 g/mol. The lowest BCUT2D eigenvalue weighted by molar-refractivity contribution is 0.112. The lowest BCUT2D eigenvalue weighted by atomic mass is 10.1. The number of nitrogens with zero attached hydrogens (tertiary/aromatic N) is 1. The van der Waals surface area contributed by atoms with Crippen LogP contribution in [-0.2, 0) is 0 Å². The summed E-state index contributed by atoms with van der Waals surface area (Å²) in [6.07, 6.45) is 0.863. The maximum Gasteiger partial charge on any atom is 0.150 e. The second-order valence-electron chi connectivity index (χ2n) is 3.28. The van der Waals surface area contributed by atoms with Crippen LogP contribution in [0.2, 0.25) is 0 Å². The first-order valence-electron chi connectivity index (χ1n) is 5.09. The highest BCUT2D eigenvalue weighted by Crippen LogP contribution is 2.22. The molecule has 0 aromatic heterocycles. The first-order chi connectivity index (χ1) is 8.26. The van der Waals surface area contributed by atoms with Gasteiger partial charge in [-0.2, -0.15) is 5.26 Å². The Hall–Kier alpha value is -2.34. The number of benzene rings is 2. The molecule has 0 aliphatic heterocycles. The molecule has 0 spiro atoms. The van der Waals surface area contributed by atoms with E-state index in [4.69, 9.17) is 10.00 Å². The second kappa shape index (κ2) is 6.29. The van der Waals surface area contributed by atoms with Crippen LogP contribution in [0, 0.1) is 11.3 Å². The van der Waals surface area contributed by atoms with Gasteiger partial charge < -0.3 is 4.74 Å². The number of aldehydes is 1. The van der Waals surface area contributed by atoms with Crippen molar-refractivity contribution in [2.45, 2.75) is 6.92 Å². The number of methoxy groups -OCH3 is 1. The Morgan fingerprint density at radius 1 is 1.29 bits per heavy atom. The summed E-state index contributed by atoms with van der Waals surface area (Å²) >= 11 is 0. The number of ether oxygens (including phenoxy) is 1. The molecular weight excluding hydrogens is 214 g/mol. The van der Waals surface area contributed by atoms with Gasteiger partial charge in [0, 0.05) is 12.5 Å². The Morgan fingerprint density at radius 3 is 2.59 bits per heavy atom. The van der Waals surface area contributed by atoms with Gasteiger partial charge in [-0.05, 0) is 22.9 Å². The van der Waals surface area contributed by atoms with E-state index in [9.17, 15) is 4.79 Å². The molecule has 0 saturated carbocycles. The fourth-order valence-electron chi connectivity index (χ4n) is 1.51. The van der Waals surface area contributed by atoms with E-state index in [0.29, 0.717) is 5.56 Å². The van der Waals surface area contributed by atoms with Gasteiger partial charge in [0.15, 0.2) is 6.29 Å². The topological polar surface area (TPSA) is 50.1 Å². The molecule has 3 nitrogen and oxygen atoms in total. The molecular formula is C14H13NO2.